The van der Waals surface area contributed by atoms with Gasteiger partial charge in [0.1, 0.15) is 0 Å². The summed E-state index contributed by atoms with van der Waals surface area (Å²) in [7, 11) is 3.90. The summed E-state index contributed by atoms with van der Waals surface area (Å²) in [5.74, 6) is 0.751. The van der Waals surface area contributed by atoms with E-state index in [1.54, 1.807) is 13.3 Å². The van der Waals surface area contributed by atoms with Crippen LogP contribution in [-0.2, 0) is 6.54 Å². The Morgan fingerprint density at radius 1 is 1.35 bits per heavy atom. The number of methoxy groups -OCH3 is 1. The molecule has 1 aliphatic rings. The Morgan fingerprint density at radius 2 is 2.10 bits per heavy atom. The summed E-state index contributed by atoms with van der Waals surface area (Å²) < 4.78 is 5.33. The van der Waals surface area contributed by atoms with Crippen LogP contribution in [0.1, 0.15) is 38.2 Å². The van der Waals surface area contributed by atoms with Gasteiger partial charge in [-0.15, -0.1) is 0 Å². The fourth-order valence-electron chi connectivity index (χ4n) is 3.14. The van der Waals surface area contributed by atoms with Crippen LogP contribution in [0.3, 0.4) is 0 Å². The average Bonchev–Trinajstić information content (AvgIpc) is 2.49. The molecule has 2 rings (SSSR count). The van der Waals surface area contributed by atoms with Crippen LogP contribution in [0.25, 0.3) is 0 Å². The van der Waals surface area contributed by atoms with E-state index in [0.29, 0.717) is 6.04 Å². The van der Waals surface area contributed by atoms with Gasteiger partial charge >= 0.3 is 0 Å². The molecule has 4 nitrogen and oxygen atoms in total. The first-order valence-corrected chi connectivity index (χ1v) is 7.66. The maximum atomic E-state index is 5.33. The molecule has 1 N–H and O–H groups in total. The van der Waals surface area contributed by atoms with Gasteiger partial charge in [-0.2, -0.15) is 0 Å². The Bertz CT molecular complexity index is 402. The zero-order valence-corrected chi connectivity index (χ0v) is 12.9. The van der Waals surface area contributed by atoms with Gasteiger partial charge in [0.2, 0.25) is 5.88 Å². The third kappa shape index (κ3) is 3.93. The second-order valence-corrected chi connectivity index (χ2v) is 5.65. The Kier molecular flexibility index (Phi) is 5.80. The summed E-state index contributed by atoms with van der Waals surface area (Å²) >= 11 is 0. The highest BCUT2D eigenvalue weighted by atomic mass is 16.5. The fraction of sp³-hybridized carbons (Fsp3) is 0.688. The van der Waals surface area contributed by atoms with E-state index < -0.39 is 0 Å². The molecule has 0 saturated heterocycles. The average molecular weight is 277 g/mol. The molecule has 0 spiro atoms. The zero-order chi connectivity index (χ0) is 14.4. The van der Waals surface area contributed by atoms with E-state index in [4.69, 9.17) is 4.74 Å². The van der Waals surface area contributed by atoms with E-state index in [0.717, 1.165) is 25.0 Å². The van der Waals surface area contributed by atoms with Gasteiger partial charge in [0.05, 0.1) is 7.11 Å². The van der Waals surface area contributed by atoms with Crippen molar-refractivity contribution in [2.24, 2.45) is 0 Å². The van der Waals surface area contributed by atoms with Crippen LogP contribution >= 0.6 is 0 Å². The first-order valence-electron chi connectivity index (χ1n) is 7.66. The smallest absolute Gasteiger partial charge is 0.217 e. The first-order chi connectivity index (χ1) is 9.74. The van der Waals surface area contributed by atoms with Crippen LogP contribution in [-0.4, -0.2) is 42.7 Å². The maximum absolute atomic E-state index is 5.33. The predicted octanol–water partition coefficient (Wildman–Crippen LogP) is 2.44. The molecule has 20 heavy (non-hydrogen) atoms. The molecule has 112 valence electrons. The van der Waals surface area contributed by atoms with Crippen molar-refractivity contribution in [2.75, 3.05) is 20.7 Å². The van der Waals surface area contributed by atoms with Crippen molar-refractivity contribution in [1.29, 1.82) is 0 Å². The number of hydrogen-bond donors (Lipinski definition) is 1. The molecule has 1 aromatic heterocycles. The molecule has 0 bridgehead atoms. The minimum Gasteiger partial charge on any atom is -0.481 e. The lowest BCUT2D eigenvalue weighted by Crippen LogP contribution is -2.40. The summed E-state index contributed by atoms with van der Waals surface area (Å²) in [6.45, 7) is 4.18. The molecule has 1 heterocycles. The molecule has 0 aromatic carbocycles. The normalized spacial score (nSPS) is 23.0. The maximum Gasteiger partial charge on any atom is 0.217 e. The van der Waals surface area contributed by atoms with E-state index in [1.807, 2.05) is 6.07 Å². The molecule has 1 aliphatic carbocycles. The lowest BCUT2D eigenvalue weighted by Gasteiger charge is -2.35. The summed E-state index contributed by atoms with van der Waals surface area (Å²) in [5, 5.41) is 3.56. The highest BCUT2D eigenvalue weighted by molar-refractivity contribution is 5.25. The van der Waals surface area contributed by atoms with Crippen molar-refractivity contribution in [1.82, 2.24) is 15.2 Å². The highest BCUT2D eigenvalue weighted by Gasteiger charge is 2.23. The summed E-state index contributed by atoms with van der Waals surface area (Å²) in [6.07, 6.45) is 6.90. The Balaban J connectivity index is 1.88. The van der Waals surface area contributed by atoms with Crippen LogP contribution < -0.4 is 10.1 Å². The van der Waals surface area contributed by atoms with Crippen molar-refractivity contribution in [3.8, 4) is 5.88 Å². The van der Waals surface area contributed by atoms with Crippen molar-refractivity contribution in [3.63, 3.8) is 0 Å². The van der Waals surface area contributed by atoms with E-state index in [9.17, 15) is 0 Å². The molecule has 0 amide bonds. The van der Waals surface area contributed by atoms with E-state index in [1.165, 1.54) is 31.2 Å². The number of nitrogens with zero attached hydrogens (tertiary/aromatic N) is 2. The predicted molar refractivity (Wildman–Crippen MR) is 82.0 cm³/mol. The van der Waals surface area contributed by atoms with Gasteiger partial charge < -0.3 is 10.1 Å². The van der Waals surface area contributed by atoms with E-state index in [2.05, 4.69) is 35.2 Å². The molecule has 0 aliphatic heterocycles. The lowest BCUT2D eigenvalue weighted by molar-refractivity contribution is 0.166. The first kappa shape index (κ1) is 15.3. The number of ether oxygens (including phenoxy) is 1. The van der Waals surface area contributed by atoms with Gasteiger partial charge in [-0.1, -0.05) is 13.0 Å². The van der Waals surface area contributed by atoms with Crippen molar-refractivity contribution in [2.45, 2.75) is 51.2 Å². The number of aromatic nitrogens is 1. The van der Waals surface area contributed by atoms with Gasteiger partial charge in [-0.25, -0.2) is 4.98 Å². The monoisotopic (exact) mass is 277 g/mol. The van der Waals surface area contributed by atoms with Crippen LogP contribution in [0.4, 0.5) is 0 Å². The molecular weight excluding hydrogens is 250 g/mol. The summed E-state index contributed by atoms with van der Waals surface area (Å²) in [6, 6.07) is 5.48. The van der Waals surface area contributed by atoms with Gasteiger partial charge in [0, 0.05) is 30.4 Å². The molecule has 4 heteroatoms. The van der Waals surface area contributed by atoms with Crippen molar-refractivity contribution < 1.29 is 4.74 Å². The van der Waals surface area contributed by atoms with Crippen LogP contribution in [0.15, 0.2) is 18.3 Å². The van der Waals surface area contributed by atoms with Gasteiger partial charge in [0.25, 0.3) is 0 Å². The van der Waals surface area contributed by atoms with E-state index >= 15 is 0 Å². The van der Waals surface area contributed by atoms with Crippen molar-refractivity contribution in [3.05, 3.63) is 23.9 Å². The third-order valence-corrected chi connectivity index (χ3v) is 4.28. The number of nitrogens with one attached hydrogen (secondary N) is 1. The second kappa shape index (κ2) is 7.60. The third-order valence-electron chi connectivity index (χ3n) is 4.28. The van der Waals surface area contributed by atoms with Crippen LogP contribution in [0, 0.1) is 0 Å². The summed E-state index contributed by atoms with van der Waals surface area (Å²) in [5.41, 5.74) is 1.17. The molecule has 0 unspecified atom stereocenters. The fourth-order valence-corrected chi connectivity index (χ4v) is 3.14. The zero-order valence-electron chi connectivity index (χ0n) is 12.9. The quantitative estimate of drug-likeness (QED) is 0.866. The molecule has 1 aromatic rings. The second-order valence-electron chi connectivity index (χ2n) is 5.65. The molecule has 0 atom stereocenters. The number of pyridine rings is 1. The molecule has 1 saturated carbocycles. The summed E-state index contributed by atoms with van der Waals surface area (Å²) in [4.78, 5) is 6.72. The van der Waals surface area contributed by atoms with Gasteiger partial charge in [-0.3, -0.25) is 4.90 Å². The molecule has 0 radical (unpaired) electrons. The van der Waals surface area contributed by atoms with Crippen LogP contribution in [0.2, 0.25) is 0 Å². The Labute approximate surface area is 122 Å². The van der Waals surface area contributed by atoms with Gasteiger partial charge in [-0.05, 0) is 45.3 Å². The minimum atomic E-state index is 0.676. The topological polar surface area (TPSA) is 37.4 Å². The largest absolute Gasteiger partial charge is 0.481 e. The number of hydrogen-bond acceptors (Lipinski definition) is 4. The number of rotatable bonds is 6. The van der Waals surface area contributed by atoms with Crippen LogP contribution in [0.5, 0.6) is 5.88 Å². The van der Waals surface area contributed by atoms with E-state index in [-0.39, 0.29) is 0 Å². The Morgan fingerprint density at radius 3 is 2.75 bits per heavy atom. The molecule has 1 fully saturated rings. The lowest BCUT2D eigenvalue weighted by atomic mass is 9.90. The standard InChI is InChI=1S/C16H27N3O/c1-4-17-14-7-9-15(10-8-14)19(2)12-13-6-5-11-18-16(13)20-3/h5-6,11,14-15,17H,4,7-10,12H2,1-3H3. The molecular formula is C16H27N3O. The Hall–Kier alpha value is -1.13. The van der Waals surface area contributed by atoms with Gasteiger partial charge in [0.15, 0.2) is 0 Å². The highest BCUT2D eigenvalue weighted by Crippen LogP contribution is 2.25. The van der Waals surface area contributed by atoms with Crippen molar-refractivity contribution >= 4 is 0 Å². The minimum absolute atomic E-state index is 0.676. The SMILES string of the molecule is CCNC1CCC(N(C)Cc2cccnc2OC)CC1.